The number of carbonyl (C=O) groups is 1. The van der Waals surface area contributed by atoms with Gasteiger partial charge in [0.15, 0.2) is 5.65 Å². The lowest BCUT2D eigenvalue weighted by Crippen LogP contribution is -2.33. The highest BCUT2D eigenvalue weighted by molar-refractivity contribution is 6.76. The predicted octanol–water partition coefficient (Wildman–Crippen LogP) is 3.86. The molecule has 0 bridgehead atoms. The Morgan fingerprint density at radius 2 is 2.03 bits per heavy atom. The second kappa shape index (κ2) is 8.34. The number of allylic oxidation sites excluding steroid dienone is 1. The van der Waals surface area contributed by atoms with Crippen LogP contribution in [0.3, 0.4) is 0 Å². The minimum atomic E-state index is -1.20. The van der Waals surface area contributed by atoms with E-state index in [-0.39, 0.29) is 12.3 Å². The lowest BCUT2D eigenvalue weighted by atomic mass is 9.91. The van der Waals surface area contributed by atoms with Crippen LogP contribution in [0.2, 0.25) is 25.7 Å². The smallest absolute Gasteiger partial charge is 0.339 e. The zero-order chi connectivity index (χ0) is 22.3. The molecule has 168 valence electrons. The van der Waals surface area contributed by atoms with Crippen LogP contribution in [0.4, 0.5) is 0 Å². The Bertz CT molecular complexity index is 1030. The topological polar surface area (TPSA) is 104 Å². The van der Waals surface area contributed by atoms with E-state index in [2.05, 4.69) is 29.6 Å². The van der Waals surface area contributed by atoms with Crippen LogP contribution in [0.15, 0.2) is 23.7 Å². The number of carboxylic acid groups (broad SMARTS) is 1. The van der Waals surface area contributed by atoms with Crippen LogP contribution in [0.1, 0.15) is 47.8 Å². The third kappa shape index (κ3) is 4.25. The van der Waals surface area contributed by atoms with Gasteiger partial charge < -0.3 is 14.4 Å². The molecule has 0 radical (unpaired) electrons. The van der Waals surface area contributed by atoms with Gasteiger partial charge in [-0.1, -0.05) is 24.8 Å². The summed E-state index contributed by atoms with van der Waals surface area (Å²) in [6.45, 7) is 7.73. The zero-order valence-corrected chi connectivity index (χ0v) is 19.6. The van der Waals surface area contributed by atoms with Crippen molar-refractivity contribution in [3.8, 4) is 0 Å². The molecule has 2 aromatic heterocycles. The van der Waals surface area contributed by atoms with Crippen molar-refractivity contribution in [1.29, 1.82) is 0 Å². The summed E-state index contributed by atoms with van der Waals surface area (Å²) in [7, 11) is 0.633. The van der Waals surface area contributed by atoms with Crippen LogP contribution in [-0.4, -0.2) is 62.7 Å². The maximum Gasteiger partial charge on any atom is 0.339 e. The van der Waals surface area contributed by atoms with Crippen molar-refractivity contribution in [3.63, 3.8) is 0 Å². The number of hydrazine groups is 1. The van der Waals surface area contributed by atoms with E-state index in [9.17, 15) is 15.1 Å². The maximum atomic E-state index is 11.9. The Morgan fingerprint density at radius 1 is 1.29 bits per heavy atom. The molecule has 3 heterocycles. The van der Waals surface area contributed by atoms with Crippen molar-refractivity contribution in [2.24, 2.45) is 0 Å². The van der Waals surface area contributed by atoms with Gasteiger partial charge in [-0.3, -0.25) is 10.2 Å². The summed E-state index contributed by atoms with van der Waals surface area (Å²) in [5.74, 6) is -1.06. The molecule has 0 unspecified atom stereocenters. The van der Waals surface area contributed by atoms with Gasteiger partial charge >= 0.3 is 5.97 Å². The Morgan fingerprint density at radius 3 is 2.74 bits per heavy atom. The average molecular weight is 446 g/mol. The summed E-state index contributed by atoms with van der Waals surface area (Å²) in [6.07, 6.45) is 7.14. The highest BCUT2D eigenvalue weighted by Gasteiger charge is 2.39. The third-order valence-electron chi connectivity index (χ3n) is 6.06. The number of fused-ring (bicyclic) bond motifs is 1. The van der Waals surface area contributed by atoms with Crippen molar-refractivity contribution in [2.45, 2.75) is 64.1 Å². The minimum Gasteiger partial charge on any atom is -0.478 e. The van der Waals surface area contributed by atoms with Crippen LogP contribution in [0.25, 0.3) is 11.2 Å². The van der Waals surface area contributed by atoms with Gasteiger partial charge in [-0.25, -0.2) is 14.8 Å². The molecule has 0 amide bonds. The van der Waals surface area contributed by atoms with E-state index < -0.39 is 20.1 Å². The second-order valence-electron chi connectivity index (χ2n) is 9.56. The van der Waals surface area contributed by atoms with Gasteiger partial charge in [0.25, 0.3) is 0 Å². The minimum absolute atomic E-state index is 0.0897. The average Bonchev–Trinajstić information content (AvgIpc) is 3.20. The van der Waals surface area contributed by atoms with Crippen molar-refractivity contribution in [3.05, 3.63) is 34.9 Å². The van der Waals surface area contributed by atoms with E-state index in [1.54, 1.807) is 15.8 Å². The highest BCUT2D eigenvalue weighted by atomic mass is 28.3. The fourth-order valence-corrected chi connectivity index (χ4v) is 5.06. The molecule has 0 saturated carbocycles. The van der Waals surface area contributed by atoms with Crippen molar-refractivity contribution < 1.29 is 19.8 Å². The van der Waals surface area contributed by atoms with E-state index in [0.29, 0.717) is 23.5 Å². The maximum absolute atomic E-state index is 11.9. The molecule has 1 aliphatic carbocycles. The van der Waals surface area contributed by atoms with Gasteiger partial charge in [0.1, 0.15) is 23.9 Å². The molecule has 0 fully saturated rings. The van der Waals surface area contributed by atoms with Crippen LogP contribution in [-0.2, 0) is 11.5 Å². The summed E-state index contributed by atoms with van der Waals surface area (Å²) in [4.78, 5) is 21.1. The number of aromatic carboxylic acids is 1. The zero-order valence-electron chi connectivity index (χ0n) is 18.6. The summed E-state index contributed by atoms with van der Waals surface area (Å²) in [5.41, 5.74) is 3.69. The van der Waals surface area contributed by atoms with E-state index in [1.165, 1.54) is 11.4 Å². The number of hydrogen-bond donors (Lipinski definition) is 2. The number of nitrogens with zero attached hydrogens (tertiary/aromatic N) is 5. The summed E-state index contributed by atoms with van der Waals surface area (Å²) in [5, 5.41) is 23.4. The van der Waals surface area contributed by atoms with Crippen molar-refractivity contribution in [1.82, 2.24) is 24.7 Å². The van der Waals surface area contributed by atoms with Gasteiger partial charge in [-0.05, 0) is 37.3 Å². The SMILES string of the molecule is CN1C2=C(CCCC2)[C@H](c2cnc3c(n2)c(C(=O)O)cn3COCC[Si](C)(C)C)N1O. The fraction of sp³-hybridized carbons (Fsp3) is 0.571. The molecule has 2 N–H and O–H groups in total. The first-order valence-electron chi connectivity index (χ1n) is 10.8. The molecule has 1 atom stereocenters. The summed E-state index contributed by atoms with van der Waals surface area (Å²) >= 11 is 0. The van der Waals surface area contributed by atoms with E-state index in [1.807, 2.05) is 7.05 Å². The van der Waals surface area contributed by atoms with Crippen LogP contribution >= 0.6 is 0 Å². The first kappa shape index (κ1) is 21.9. The lowest BCUT2D eigenvalue weighted by Gasteiger charge is -2.26. The molecular formula is C21H31N5O4Si. The Labute approximate surface area is 182 Å². The molecule has 0 spiro atoms. The Balaban J connectivity index is 1.65. The van der Waals surface area contributed by atoms with Gasteiger partial charge in [0.2, 0.25) is 0 Å². The lowest BCUT2D eigenvalue weighted by molar-refractivity contribution is -0.229. The van der Waals surface area contributed by atoms with Gasteiger partial charge in [-0.15, -0.1) is 0 Å². The molecular weight excluding hydrogens is 414 g/mol. The van der Waals surface area contributed by atoms with Gasteiger partial charge in [0, 0.05) is 33.6 Å². The molecule has 2 aliphatic rings. The Kier molecular flexibility index (Phi) is 5.90. The van der Waals surface area contributed by atoms with Crippen LogP contribution in [0.5, 0.6) is 0 Å². The molecule has 9 nitrogen and oxygen atoms in total. The standard InChI is InChI=1S/C21H31N5O4Si/c1-24-17-8-6-5-7-14(17)19(26(24)29)16-11-22-20-18(23-16)15(21(27)28)12-25(20)13-30-9-10-31(2,3)4/h11-12,19,29H,5-10,13H2,1-4H3,(H,27,28)/t19-/m1/s1. The molecule has 0 aromatic carbocycles. The third-order valence-corrected chi connectivity index (χ3v) is 7.76. The molecule has 1 aliphatic heterocycles. The highest BCUT2D eigenvalue weighted by Crippen LogP contribution is 2.44. The predicted molar refractivity (Wildman–Crippen MR) is 118 cm³/mol. The van der Waals surface area contributed by atoms with Crippen LogP contribution < -0.4 is 0 Å². The second-order valence-corrected chi connectivity index (χ2v) is 15.2. The molecule has 10 heteroatoms. The largest absolute Gasteiger partial charge is 0.478 e. The van der Waals surface area contributed by atoms with E-state index in [0.717, 1.165) is 43.0 Å². The van der Waals surface area contributed by atoms with Crippen LogP contribution in [0, 0.1) is 0 Å². The fourth-order valence-electron chi connectivity index (χ4n) is 4.30. The first-order chi connectivity index (χ1) is 14.7. The number of hydrogen-bond acceptors (Lipinski definition) is 7. The number of hydroxylamine groups is 1. The molecule has 0 saturated heterocycles. The van der Waals surface area contributed by atoms with E-state index in [4.69, 9.17) is 4.74 Å². The monoisotopic (exact) mass is 445 g/mol. The molecule has 31 heavy (non-hydrogen) atoms. The number of ether oxygens (including phenoxy) is 1. The number of rotatable bonds is 7. The molecule has 2 aromatic rings. The summed E-state index contributed by atoms with van der Waals surface area (Å²) < 4.78 is 7.50. The van der Waals surface area contributed by atoms with Gasteiger partial charge in [-0.2, -0.15) is 0 Å². The van der Waals surface area contributed by atoms with Gasteiger partial charge in [0.05, 0.1) is 11.9 Å². The summed E-state index contributed by atoms with van der Waals surface area (Å²) in [6, 6.07) is 0.600. The quantitative estimate of drug-likeness (QED) is 0.489. The Hall–Kier alpha value is -2.27. The number of aromatic nitrogens is 3. The van der Waals surface area contributed by atoms with E-state index >= 15 is 0 Å². The van der Waals surface area contributed by atoms with Crippen molar-refractivity contribution >= 4 is 25.2 Å². The molecule has 4 rings (SSSR count). The first-order valence-corrected chi connectivity index (χ1v) is 14.5. The normalized spacial score (nSPS) is 20.0. The number of carboxylic acids is 1. The van der Waals surface area contributed by atoms with Crippen molar-refractivity contribution in [2.75, 3.05) is 13.7 Å².